The molecule has 0 bridgehead atoms. The predicted molar refractivity (Wildman–Crippen MR) is 103 cm³/mol. The van der Waals surface area contributed by atoms with Crippen molar-refractivity contribution < 1.29 is 9.59 Å². The Kier molecular flexibility index (Phi) is 4.88. The van der Waals surface area contributed by atoms with Gasteiger partial charge in [-0.15, -0.1) is 0 Å². The highest BCUT2D eigenvalue weighted by atomic mass is 16.2. The summed E-state index contributed by atoms with van der Waals surface area (Å²) in [6, 6.07) is 0.349. The lowest BCUT2D eigenvalue weighted by Crippen LogP contribution is -2.45. The normalized spacial score (nSPS) is 21.5. The number of likely N-dealkylation sites (N-methyl/N-ethyl adjacent to an activating group) is 1. The van der Waals surface area contributed by atoms with Gasteiger partial charge in [0.2, 0.25) is 11.8 Å². The van der Waals surface area contributed by atoms with Crippen LogP contribution in [0.2, 0.25) is 0 Å². The molecule has 2 aliphatic heterocycles. The van der Waals surface area contributed by atoms with Crippen LogP contribution >= 0.6 is 0 Å². The first-order valence-electron chi connectivity index (χ1n) is 9.89. The van der Waals surface area contributed by atoms with Gasteiger partial charge in [-0.25, -0.2) is 9.97 Å². The van der Waals surface area contributed by atoms with Crippen molar-refractivity contribution in [2.45, 2.75) is 45.2 Å². The van der Waals surface area contributed by atoms with Gasteiger partial charge in [0.1, 0.15) is 18.0 Å². The summed E-state index contributed by atoms with van der Waals surface area (Å²) < 4.78 is 0. The Labute approximate surface area is 160 Å². The average Bonchev–Trinajstić information content (AvgIpc) is 2.91. The van der Waals surface area contributed by atoms with Crippen molar-refractivity contribution in [3.05, 3.63) is 11.9 Å². The lowest BCUT2D eigenvalue weighted by atomic mass is 9.91. The Morgan fingerprint density at radius 3 is 2.52 bits per heavy atom. The Morgan fingerprint density at radius 1 is 1.04 bits per heavy atom. The number of nitrogens with zero attached hydrogens (tertiary/aromatic N) is 6. The van der Waals surface area contributed by atoms with Crippen LogP contribution in [0.3, 0.4) is 0 Å². The van der Waals surface area contributed by atoms with Gasteiger partial charge in [0.05, 0.1) is 18.7 Å². The molecule has 0 aromatic carbocycles. The largest absolute Gasteiger partial charge is 0.354 e. The molecule has 1 saturated heterocycles. The minimum Gasteiger partial charge on any atom is -0.354 e. The summed E-state index contributed by atoms with van der Waals surface area (Å²) >= 11 is 0. The number of hydrogen-bond acceptors (Lipinski definition) is 6. The van der Waals surface area contributed by atoms with Crippen LogP contribution in [0, 0.1) is 0 Å². The van der Waals surface area contributed by atoms with Crippen LogP contribution in [0.15, 0.2) is 6.33 Å². The van der Waals surface area contributed by atoms with E-state index in [2.05, 4.69) is 14.9 Å². The van der Waals surface area contributed by atoms with Crippen molar-refractivity contribution in [1.29, 1.82) is 0 Å². The number of anilines is 2. The third kappa shape index (κ3) is 3.44. The molecule has 146 valence electrons. The van der Waals surface area contributed by atoms with Crippen molar-refractivity contribution in [3.63, 3.8) is 0 Å². The van der Waals surface area contributed by atoms with Crippen LogP contribution < -0.4 is 9.80 Å². The Morgan fingerprint density at radius 2 is 1.81 bits per heavy atom. The molecule has 1 aromatic rings. The van der Waals surface area contributed by atoms with E-state index in [9.17, 15) is 9.59 Å². The molecule has 3 aliphatic rings. The van der Waals surface area contributed by atoms with E-state index in [1.807, 2.05) is 21.7 Å². The molecule has 8 nitrogen and oxygen atoms in total. The van der Waals surface area contributed by atoms with Gasteiger partial charge in [0, 0.05) is 46.2 Å². The Bertz CT molecular complexity index is 735. The summed E-state index contributed by atoms with van der Waals surface area (Å²) in [5.41, 5.74) is 1.04. The van der Waals surface area contributed by atoms with E-state index >= 15 is 0 Å². The first-order chi connectivity index (χ1) is 13.0. The molecule has 3 heterocycles. The topological polar surface area (TPSA) is 72.9 Å². The fourth-order valence-corrected chi connectivity index (χ4v) is 4.24. The van der Waals surface area contributed by atoms with Crippen LogP contribution in [0.25, 0.3) is 0 Å². The highest BCUT2D eigenvalue weighted by molar-refractivity contribution is 5.84. The van der Waals surface area contributed by atoms with E-state index in [0.29, 0.717) is 25.7 Å². The lowest BCUT2D eigenvalue weighted by Gasteiger charge is -2.37. The summed E-state index contributed by atoms with van der Waals surface area (Å²) in [6.45, 7) is 5.66. The summed E-state index contributed by atoms with van der Waals surface area (Å²) in [6.07, 6.45) is 5.89. The smallest absolute Gasteiger partial charge is 0.242 e. The van der Waals surface area contributed by atoms with Gasteiger partial charge < -0.3 is 19.6 Å². The minimum atomic E-state index is 0.125. The van der Waals surface area contributed by atoms with E-state index in [1.165, 1.54) is 6.42 Å². The first kappa shape index (κ1) is 18.0. The summed E-state index contributed by atoms with van der Waals surface area (Å²) in [5, 5.41) is 0. The van der Waals surface area contributed by atoms with Gasteiger partial charge in [-0.1, -0.05) is 0 Å². The summed E-state index contributed by atoms with van der Waals surface area (Å²) in [7, 11) is 1.93. The maximum Gasteiger partial charge on any atom is 0.242 e. The first-order valence-corrected chi connectivity index (χ1v) is 9.89. The molecule has 0 unspecified atom stereocenters. The fraction of sp³-hybridized carbons (Fsp3) is 0.684. The third-order valence-corrected chi connectivity index (χ3v) is 6.04. The van der Waals surface area contributed by atoms with Gasteiger partial charge in [0.15, 0.2) is 0 Å². The highest BCUT2D eigenvalue weighted by Crippen LogP contribution is 2.34. The molecule has 8 heteroatoms. The van der Waals surface area contributed by atoms with E-state index < -0.39 is 0 Å². The molecular weight excluding hydrogens is 344 g/mol. The van der Waals surface area contributed by atoms with Crippen molar-refractivity contribution in [2.75, 3.05) is 49.6 Å². The van der Waals surface area contributed by atoms with Gasteiger partial charge >= 0.3 is 0 Å². The Balaban J connectivity index is 1.64. The maximum atomic E-state index is 12.8. The second kappa shape index (κ2) is 7.32. The molecule has 4 rings (SSSR count). The number of carbonyl (C=O) groups is 2. The third-order valence-electron chi connectivity index (χ3n) is 6.04. The molecule has 1 saturated carbocycles. The zero-order chi connectivity index (χ0) is 19.0. The van der Waals surface area contributed by atoms with Gasteiger partial charge in [-0.05, 0) is 25.7 Å². The Hall–Kier alpha value is -2.38. The van der Waals surface area contributed by atoms with E-state index in [-0.39, 0.29) is 11.8 Å². The molecule has 0 N–H and O–H groups in total. The number of rotatable bonds is 2. The zero-order valence-corrected chi connectivity index (χ0v) is 16.2. The molecular formula is C19H28N6O2. The summed E-state index contributed by atoms with van der Waals surface area (Å²) in [4.78, 5) is 41.7. The van der Waals surface area contributed by atoms with E-state index in [0.717, 1.165) is 56.1 Å². The van der Waals surface area contributed by atoms with Crippen LogP contribution in [0.5, 0.6) is 0 Å². The number of carbonyl (C=O) groups excluding carboxylic acids is 2. The number of aromatic nitrogens is 2. The zero-order valence-electron chi connectivity index (χ0n) is 16.2. The standard InChI is InChI=1S/C19H28N6O2/c1-14(26)23-7-4-8-24(10-9-23)19-16-11-25(15-5-3-6-15)17(27)12-22(2)18(16)20-13-21-19/h13,15H,3-12H2,1-2H3. The van der Waals surface area contributed by atoms with Crippen molar-refractivity contribution in [2.24, 2.45) is 0 Å². The molecule has 1 aromatic heterocycles. The van der Waals surface area contributed by atoms with E-state index in [1.54, 1.807) is 13.3 Å². The summed E-state index contributed by atoms with van der Waals surface area (Å²) in [5.74, 6) is 2.06. The van der Waals surface area contributed by atoms with Crippen LogP contribution in [0.4, 0.5) is 11.6 Å². The maximum absolute atomic E-state index is 12.8. The van der Waals surface area contributed by atoms with Gasteiger partial charge in [-0.2, -0.15) is 0 Å². The molecule has 1 aliphatic carbocycles. The highest BCUT2D eigenvalue weighted by Gasteiger charge is 2.35. The van der Waals surface area contributed by atoms with Crippen molar-refractivity contribution >= 4 is 23.5 Å². The van der Waals surface area contributed by atoms with Gasteiger partial charge in [-0.3, -0.25) is 9.59 Å². The molecule has 0 spiro atoms. The molecule has 2 fully saturated rings. The fourth-order valence-electron chi connectivity index (χ4n) is 4.24. The van der Waals surface area contributed by atoms with Crippen LogP contribution in [-0.4, -0.2) is 77.4 Å². The average molecular weight is 372 g/mol. The van der Waals surface area contributed by atoms with Gasteiger partial charge in [0.25, 0.3) is 0 Å². The van der Waals surface area contributed by atoms with Crippen LogP contribution in [0.1, 0.15) is 38.2 Å². The van der Waals surface area contributed by atoms with Crippen molar-refractivity contribution in [1.82, 2.24) is 19.8 Å². The minimum absolute atomic E-state index is 0.125. The van der Waals surface area contributed by atoms with E-state index in [4.69, 9.17) is 0 Å². The monoisotopic (exact) mass is 372 g/mol. The van der Waals surface area contributed by atoms with Crippen LogP contribution in [-0.2, 0) is 16.1 Å². The molecule has 0 radical (unpaired) electrons. The SMILES string of the molecule is CC(=O)N1CCCN(c2ncnc3c2CN(C2CCC2)C(=O)CN3C)CC1. The number of fused-ring (bicyclic) bond motifs is 1. The predicted octanol–water partition coefficient (Wildman–Crippen LogP) is 0.866. The lowest BCUT2D eigenvalue weighted by molar-refractivity contribution is -0.134. The van der Waals surface area contributed by atoms with Crippen molar-refractivity contribution in [3.8, 4) is 0 Å². The molecule has 0 atom stereocenters. The number of amides is 2. The molecule has 27 heavy (non-hydrogen) atoms. The quantitative estimate of drug-likeness (QED) is 0.767. The molecule has 2 amide bonds. The second-order valence-corrected chi connectivity index (χ2v) is 7.81. The number of hydrogen-bond donors (Lipinski definition) is 0. The second-order valence-electron chi connectivity index (χ2n) is 7.81.